The Hall–Kier alpha value is -1.55. The van der Waals surface area contributed by atoms with Crippen LogP contribution in [-0.2, 0) is 5.54 Å². The van der Waals surface area contributed by atoms with Gasteiger partial charge in [-0.2, -0.15) is 0 Å². The number of aromatic nitrogens is 1. The molecule has 3 rings (SSSR count). The van der Waals surface area contributed by atoms with E-state index in [0.29, 0.717) is 17.0 Å². The smallest absolute Gasteiger partial charge is 0.196 e. The molecule has 1 aliphatic rings. The Morgan fingerprint density at radius 1 is 1.35 bits per heavy atom. The van der Waals surface area contributed by atoms with E-state index in [4.69, 9.17) is 10.2 Å². The number of fused-ring (bicyclic) bond motifs is 1. The molecule has 1 heterocycles. The number of phenolic OH excluding ortho intramolecular Hbond substituents is 1. The van der Waals surface area contributed by atoms with Gasteiger partial charge in [-0.15, -0.1) is 0 Å². The summed E-state index contributed by atoms with van der Waals surface area (Å²) in [6, 6.07) is 3.75. The zero-order valence-corrected chi connectivity index (χ0v) is 9.86. The summed E-state index contributed by atoms with van der Waals surface area (Å²) in [5.74, 6) is 0.720. The number of phenols is 1. The van der Waals surface area contributed by atoms with Crippen LogP contribution in [0.3, 0.4) is 0 Å². The molecule has 0 saturated heterocycles. The van der Waals surface area contributed by atoms with Crippen LogP contribution in [-0.4, -0.2) is 10.1 Å². The van der Waals surface area contributed by atoms with Gasteiger partial charge in [-0.05, 0) is 18.9 Å². The van der Waals surface area contributed by atoms with Gasteiger partial charge in [0, 0.05) is 18.0 Å². The lowest BCUT2D eigenvalue weighted by atomic mass is 9.88. The molecule has 0 bridgehead atoms. The number of aromatic hydroxyl groups is 1. The molecule has 3 N–H and O–H groups in total. The van der Waals surface area contributed by atoms with Crippen LogP contribution in [0.15, 0.2) is 16.5 Å². The summed E-state index contributed by atoms with van der Waals surface area (Å²) in [6.45, 7) is 1.77. The number of nitrogens with zero attached hydrogens (tertiary/aromatic N) is 1. The first-order valence-electron chi connectivity index (χ1n) is 5.99. The van der Waals surface area contributed by atoms with Gasteiger partial charge >= 0.3 is 0 Å². The number of hydrogen-bond donors (Lipinski definition) is 2. The average molecular weight is 232 g/mol. The number of benzene rings is 1. The summed E-state index contributed by atoms with van der Waals surface area (Å²) in [7, 11) is 0. The van der Waals surface area contributed by atoms with Crippen molar-refractivity contribution in [2.45, 2.75) is 38.1 Å². The van der Waals surface area contributed by atoms with Crippen molar-refractivity contribution in [1.29, 1.82) is 0 Å². The van der Waals surface area contributed by atoms with Gasteiger partial charge < -0.3 is 15.3 Å². The average Bonchev–Trinajstić information content (AvgIpc) is 2.85. The van der Waals surface area contributed by atoms with Gasteiger partial charge in [0.2, 0.25) is 0 Å². The van der Waals surface area contributed by atoms with Crippen LogP contribution in [0.4, 0.5) is 0 Å². The van der Waals surface area contributed by atoms with E-state index in [1.807, 2.05) is 12.1 Å². The summed E-state index contributed by atoms with van der Waals surface area (Å²) in [5, 5.41) is 10.3. The Bertz CT molecular complexity index is 568. The van der Waals surface area contributed by atoms with Crippen molar-refractivity contribution in [1.82, 2.24) is 4.98 Å². The molecule has 0 aliphatic heterocycles. The lowest BCUT2D eigenvalue weighted by Gasteiger charge is -2.24. The molecule has 1 aromatic carbocycles. The minimum atomic E-state index is -0.404. The van der Waals surface area contributed by atoms with Crippen molar-refractivity contribution in [2.75, 3.05) is 0 Å². The van der Waals surface area contributed by atoms with Crippen LogP contribution in [0.5, 0.6) is 5.75 Å². The van der Waals surface area contributed by atoms with E-state index in [1.54, 1.807) is 6.92 Å². The predicted octanol–water partition coefficient (Wildman–Crippen LogP) is 2.57. The molecule has 4 nitrogen and oxygen atoms in total. The zero-order chi connectivity index (χ0) is 12.0. The fourth-order valence-corrected chi connectivity index (χ4v) is 2.77. The van der Waals surface area contributed by atoms with Crippen LogP contribution in [0.2, 0.25) is 0 Å². The first kappa shape index (κ1) is 10.6. The van der Waals surface area contributed by atoms with Crippen molar-refractivity contribution in [2.24, 2.45) is 5.73 Å². The zero-order valence-electron chi connectivity index (χ0n) is 9.86. The fraction of sp³-hybridized carbons (Fsp3) is 0.462. The third-order valence-corrected chi connectivity index (χ3v) is 3.67. The van der Waals surface area contributed by atoms with Crippen LogP contribution in [0, 0.1) is 6.92 Å². The highest BCUT2D eigenvalue weighted by Crippen LogP contribution is 2.42. The molecule has 1 saturated carbocycles. The molecule has 0 unspecified atom stereocenters. The monoisotopic (exact) mass is 232 g/mol. The summed E-state index contributed by atoms with van der Waals surface area (Å²) in [6.07, 6.45) is 4.06. The Balaban J connectivity index is 2.20. The number of hydrogen-bond acceptors (Lipinski definition) is 4. The second kappa shape index (κ2) is 3.47. The molecule has 0 amide bonds. The molecule has 0 radical (unpaired) electrons. The molecule has 17 heavy (non-hydrogen) atoms. The first-order valence-corrected chi connectivity index (χ1v) is 5.99. The lowest BCUT2D eigenvalue weighted by molar-refractivity contribution is 0.404. The van der Waals surface area contributed by atoms with Gasteiger partial charge in [0.1, 0.15) is 5.52 Å². The Labute approximate surface area is 99.4 Å². The van der Waals surface area contributed by atoms with Gasteiger partial charge in [-0.3, -0.25) is 0 Å². The second-order valence-electron chi connectivity index (χ2n) is 4.91. The van der Waals surface area contributed by atoms with E-state index >= 15 is 0 Å². The maximum atomic E-state index is 10.3. The Morgan fingerprint density at radius 3 is 2.76 bits per heavy atom. The molecule has 1 aliphatic carbocycles. The third-order valence-electron chi connectivity index (χ3n) is 3.67. The third kappa shape index (κ3) is 1.52. The molecule has 0 spiro atoms. The number of oxazole rings is 1. The molecule has 1 aromatic heterocycles. The van der Waals surface area contributed by atoms with E-state index < -0.39 is 5.54 Å². The summed E-state index contributed by atoms with van der Waals surface area (Å²) in [4.78, 5) is 4.20. The van der Waals surface area contributed by atoms with Gasteiger partial charge in [0.05, 0.1) is 0 Å². The molecule has 1 fully saturated rings. The Morgan fingerprint density at radius 2 is 2.06 bits per heavy atom. The first-order chi connectivity index (χ1) is 8.10. The highest BCUT2D eigenvalue weighted by atomic mass is 16.4. The van der Waals surface area contributed by atoms with Gasteiger partial charge in [0.15, 0.2) is 17.2 Å². The van der Waals surface area contributed by atoms with Crippen molar-refractivity contribution in [3.8, 4) is 5.75 Å². The van der Waals surface area contributed by atoms with Gasteiger partial charge in [-0.1, -0.05) is 18.9 Å². The standard InChI is InChI=1S/C13H16N2O2/c1-8-15-10-5-4-9(11(16)12(10)17-8)13(14)6-2-3-7-13/h4-5,16H,2-3,6-7,14H2,1H3. The largest absolute Gasteiger partial charge is 0.504 e. The second-order valence-corrected chi connectivity index (χ2v) is 4.91. The van der Waals surface area contributed by atoms with Crippen LogP contribution >= 0.6 is 0 Å². The van der Waals surface area contributed by atoms with E-state index in [2.05, 4.69) is 4.98 Å². The van der Waals surface area contributed by atoms with Crippen molar-refractivity contribution >= 4 is 11.1 Å². The molecule has 90 valence electrons. The number of nitrogens with two attached hydrogens (primary N) is 1. The maximum absolute atomic E-state index is 10.3. The molecule has 2 aromatic rings. The quantitative estimate of drug-likeness (QED) is 0.792. The van der Waals surface area contributed by atoms with Crippen molar-refractivity contribution in [3.05, 3.63) is 23.6 Å². The highest BCUT2D eigenvalue weighted by Gasteiger charge is 2.34. The van der Waals surface area contributed by atoms with Crippen molar-refractivity contribution < 1.29 is 9.52 Å². The van der Waals surface area contributed by atoms with E-state index in [9.17, 15) is 5.11 Å². The summed E-state index contributed by atoms with van der Waals surface area (Å²) < 4.78 is 5.43. The lowest BCUT2D eigenvalue weighted by Crippen LogP contribution is -2.33. The SMILES string of the molecule is Cc1nc2ccc(C3(N)CCCC3)c(O)c2o1. The van der Waals surface area contributed by atoms with Gasteiger partial charge in [0.25, 0.3) is 0 Å². The molecular weight excluding hydrogens is 216 g/mol. The van der Waals surface area contributed by atoms with Crippen LogP contribution < -0.4 is 5.73 Å². The van der Waals surface area contributed by atoms with Crippen LogP contribution in [0.1, 0.15) is 37.1 Å². The number of aryl methyl sites for hydroxylation is 1. The predicted molar refractivity (Wildman–Crippen MR) is 64.7 cm³/mol. The van der Waals surface area contributed by atoms with E-state index in [-0.39, 0.29) is 5.75 Å². The van der Waals surface area contributed by atoms with E-state index in [1.165, 1.54) is 0 Å². The molecule has 4 heteroatoms. The highest BCUT2D eigenvalue weighted by molar-refractivity contribution is 5.81. The van der Waals surface area contributed by atoms with E-state index in [0.717, 1.165) is 31.2 Å². The minimum absolute atomic E-state index is 0.160. The normalized spacial score (nSPS) is 18.9. The van der Waals surface area contributed by atoms with Crippen molar-refractivity contribution in [3.63, 3.8) is 0 Å². The summed E-state index contributed by atoms with van der Waals surface area (Å²) >= 11 is 0. The van der Waals surface area contributed by atoms with Crippen LogP contribution in [0.25, 0.3) is 11.1 Å². The Kier molecular flexibility index (Phi) is 2.16. The topological polar surface area (TPSA) is 72.3 Å². The minimum Gasteiger partial charge on any atom is -0.504 e. The fourth-order valence-electron chi connectivity index (χ4n) is 2.77. The number of rotatable bonds is 1. The maximum Gasteiger partial charge on any atom is 0.196 e. The van der Waals surface area contributed by atoms with Gasteiger partial charge in [-0.25, -0.2) is 4.98 Å². The molecule has 0 atom stereocenters. The summed E-state index contributed by atoms with van der Waals surface area (Å²) in [5.41, 5.74) is 7.88. The molecular formula is C13H16N2O2.